The van der Waals surface area contributed by atoms with Gasteiger partial charge in [0.05, 0.1) is 12.2 Å². The molecule has 1 heterocycles. The highest BCUT2D eigenvalue weighted by Gasteiger charge is 2.08. The molecule has 1 aliphatic heterocycles. The van der Waals surface area contributed by atoms with Crippen LogP contribution in [0.25, 0.3) is 0 Å². The molecule has 1 aromatic carbocycles. The molecule has 1 aromatic rings. The predicted molar refractivity (Wildman–Crippen MR) is 58.9 cm³/mol. The maximum atomic E-state index is 5.82. The zero-order chi connectivity index (χ0) is 9.97. The third-order valence-corrected chi connectivity index (χ3v) is 2.45. The van der Waals surface area contributed by atoms with Gasteiger partial charge in [-0.3, -0.25) is 4.90 Å². The average molecular weight is 189 g/mol. The molecular weight excluding hydrogens is 174 g/mol. The Labute approximate surface area is 84.2 Å². The van der Waals surface area contributed by atoms with Gasteiger partial charge < -0.3 is 5.73 Å². The average Bonchev–Trinajstić information content (AvgIpc) is 2.14. The zero-order valence-electron chi connectivity index (χ0n) is 8.40. The van der Waals surface area contributed by atoms with E-state index in [1.54, 1.807) is 0 Å². The van der Waals surface area contributed by atoms with E-state index in [2.05, 4.69) is 23.0 Å². The van der Waals surface area contributed by atoms with Gasteiger partial charge in [-0.2, -0.15) is 0 Å². The summed E-state index contributed by atoms with van der Waals surface area (Å²) < 4.78 is 0. The van der Waals surface area contributed by atoms with E-state index in [4.69, 9.17) is 5.73 Å². The second-order valence-electron chi connectivity index (χ2n) is 3.72. The van der Waals surface area contributed by atoms with Crippen molar-refractivity contribution < 1.29 is 0 Å². The molecular formula is C11H15N3. The van der Waals surface area contributed by atoms with Crippen LogP contribution in [0.5, 0.6) is 0 Å². The van der Waals surface area contributed by atoms with Crippen molar-refractivity contribution in [2.75, 3.05) is 20.1 Å². The number of aliphatic imine (C=N–C) groups is 1. The van der Waals surface area contributed by atoms with Gasteiger partial charge in [-0.25, -0.2) is 4.99 Å². The molecule has 0 radical (unpaired) electrons. The molecule has 3 nitrogen and oxygen atoms in total. The van der Waals surface area contributed by atoms with E-state index in [9.17, 15) is 0 Å². The summed E-state index contributed by atoms with van der Waals surface area (Å²) in [6.07, 6.45) is 1.05. The molecule has 0 spiro atoms. The molecule has 0 bridgehead atoms. The first-order valence-electron chi connectivity index (χ1n) is 4.85. The zero-order valence-corrected chi connectivity index (χ0v) is 8.40. The topological polar surface area (TPSA) is 41.6 Å². The number of likely N-dealkylation sites (N-methyl/N-ethyl adjacent to an activating group) is 1. The van der Waals surface area contributed by atoms with Gasteiger partial charge in [0.25, 0.3) is 0 Å². The molecule has 0 amide bonds. The van der Waals surface area contributed by atoms with Gasteiger partial charge in [0.2, 0.25) is 0 Å². The summed E-state index contributed by atoms with van der Waals surface area (Å²) >= 11 is 0. The Morgan fingerprint density at radius 3 is 3.00 bits per heavy atom. The van der Waals surface area contributed by atoms with Gasteiger partial charge in [0.1, 0.15) is 5.84 Å². The summed E-state index contributed by atoms with van der Waals surface area (Å²) in [5.41, 5.74) is 8.12. The Hall–Kier alpha value is -1.35. The second-order valence-corrected chi connectivity index (χ2v) is 3.72. The monoisotopic (exact) mass is 189 g/mol. The number of fused-ring (bicyclic) bond motifs is 1. The number of benzene rings is 1. The highest BCUT2D eigenvalue weighted by molar-refractivity contribution is 5.85. The fraction of sp³-hybridized carbons (Fsp3) is 0.364. The summed E-state index contributed by atoms with van der Waals surface area (Å²) in [6, 6.07) is 8.19. The second kappa shape index (κ2) is 3.80. The standard InChI is InChI=1S/C11H15N3/c1-14-7-6-9-4-2-3-5-10(9)13-11(12)8-14/h2-5H,6-8H2,1H3,(H2,12,13). The van der Waals surface area contributed by atoms with E-state index in [0.717, 1.165) is 25.2 Å². The highest BCUT2D eigenvalue weighted by atomic mass is 15.1. The van der Waals surface area contributed by atoms with Crippen LogP contribution in [0.3, 0.4) is 0 Å². The largest absolute Gasteiger partial charge is 0.386 e. The van der Waals surface area contributed by atoms with Gasteiger partial charge in [-0.1, -0.05) is 18.2 Å². The van der Waals surface area contributed by atoms with E-state index in [1.807, 2.05) is 18.2 Å². The molecule has 0 saturated carbocycles. The first-order chi connectivity index (χ1) is 6.75. The van der Waals surface area contributed by atoms with Crippen molar-refractivity contribution >= 4 is 11.5 Å². The quantitative estimate of drug-likeness (QED) is 0.665. The van der Waals surface area contributed by atoms with Crippen molar-refractivity contribution in [3.63, 3.8) is 0 Å². The molecule has 0 atom stereocenters. The van der Waals surface area contributed by atoms with E-state index in [1.165, 1.54) is 5.56 Å². The van der Waals surface area contributed by atoms with Crippen molar-refractivity contribution in [1.29, 1.82) is 0 Å². The summed E-state index contributed by atoms with van der Waals surface area (Å²) in [6.45, 7) is 1.79. The van der Waals surface area contributed by atoms with Crippen LogP contribution < -0.4 is 5.73 Å². The first kappa shape index (κ1) is 9.21. The molecule has 0 saturated heterocycles. The Morgan fingerprint density at radius 1 is 1.36 bits per heavy atom. The lowest BCUT2D eigenvalue weighted by atomic mass is 10.1. The van der Waals surface area contributed by atoms with Crippen molar-refractivity contribution in [3.8, 4) is 0 Å². The van der Waals surface area contributed by atoms with Crippen LogP contribution in [0, 0.1) is 0 Å². The minimum absolute atomic E-state index is 0.694. The minimum atomic E-state index is 0.694. The lowest BCUT2D eigenvalue weighted by Crippen LogP contribution is -2.33. The number of amidine groups is 1. The summed E-state index contributed by atoms with van der Waals surface area (Å²) in [5, 5.41) is 0. The Balaban J connectivity index is 2.38. The van der Waals surface area contributed by atoms with Crippen molar-refractivity contribution in [2.24, 2.45) is 10.7 Å². The number of rotatable bonds is 0. The summed E-state index contributed by atoms with van der Waals surface area (Å²) in [4.78, 5) is 6.59. The third-order valence-electron chi connectivity index (χ3n) is 2.45. The summed E-state index contributed by atoms with van der Waals surface area (Å²) in [5.74, 6) is 0.694. The van der Waals surface area contributed by atoms with Crippen molar-refractivity contribution in [3.05, 3.63) is 29.8 Å². The fourth-order valence-electron chi connectivity index (χ4n) is 1.69. The van der Waals surface area contributed by atoms with Crippen LogP contribution >= 0.6 is 0 Å². The third kappa shape index (κ3) is 1.93. The number of hydrogen-bond donors (Lipinski definition) is 1. The molecule has 0 unspecified atom stereocenters. The maximum absolute atomic E-state index is 5.82. The SMILES string of the molecule is CN1CCc2ccccc2N=C(N)C1. The number of hydrogen-bond acceptors (Lipinski definition) is 3. The van der Waals surface area contributed by atoms with E-state index in [-0.39, 0.29) is 0 Å². The van der Waals surface area contributed by atoms with Crippen molar-refractivity contribution in [2.45, 2.75) is 6.42 Å². The molecule has 0 aliphatic carbocycles. The molecule has 0 aromatic heterocycles. The van der Waals surface area contributed by atoms with E-state index in [0.29, 0.717) is 5.84 Å². The van der Waals surface area contributed by atoms with Crippen LogP contribution in [0.1, 0.15) is 5.56 Å². The smallest absolute Gasteiger partial charge is 0.114 e. The highest BCUT2D eigenvalue weighted by Crippen LogP contribution is 2.20. The Morgan fingerprint density at radius 2 is 2.14 bits per heavy atom. The normalized spacial score (nSPS) is 17.9. The number of para-hydroxylation sites is 1. The Bertz CT molecular complexity index is 357. The van der Waals surface area contributed by atoms with Crippen LogP contribution in [-0.2, 0) is 6.42 Å². The number of nitrogens with two attached hydrogens (primary N) is 1. The van der Waals surface area contributed by atoms with Crippen LogP contribution in [0.15, 0.2) is 29.3 Å². The van der Waals surface area contributed by atoms with Gasteiger partial charge >= 0.3 is 0 Å². The predicted octanol–water partition coefficient (Wildman–Crippen LogP) is 1.16. The van der Waals surface area contributed by atoms with Gasteiger partial charge in [0.15, 0.2) is 0 Å². The van der Waals surface area contributed by atoms with Crippen LogP contribution in [-0.4, -0.2) is 30.9 Å². The van der Waals surface area contributed by atoms with Crippen LogP contribution in [0.4, 0.5) is 5.69 Å². The van der Waals surface area contributed by atoms with Crippen molar-refractivity contribution in [1.82, 2.24) is 4.90 Å². The minimum Gasteiger partial charge on any atom is -0.386 e. The molecule has 14 heavy (non-hydrogen) atoms. The molecule has 1 aliphatic rings. The van der Waals surface area contributed by atoms with Gasteiger partial charge in [-0.15, -0.1) is 0 Å². The molecule has 2 rings (SSSR count). The van der Waals surface area contributed by atoms with Crippen LogP contribution in [0.2, 0.25) is 0 Å². The molecule has 3 heteroatoms. The van der Waals surface area contributed by atoms with Gasteiger partial charge in [-0.05, 0) is 25.1 Å². The molecule has 2 N–H and O–H groups in total. The fourth-order valence-corrected chi connectivity index (χ4v) is 1.69. The lowest BCUT2D eigenvalue weighted by molar-refractivity contribution is 0.383. The first-order valence-corrected chi connectivity index (χ1v) is 4.85. The lowest BCUT2D eigenvalue weighted by Gasteiger charge is -2.19. The van der Waals surface area contributed by atoms with Gasteiger partial charge in [0, 0.05) is 6.54 Å². The van der Waals surface area contributed by atoms with E-state index >= 15 is 0 Å². The summed E-state index contributed by atoms with van der Waals surface area (Å²) in [7, 11) is 2.07. The molecule has 0 fully saturated rings. The Kier molecular flexibility index (Phi) is 2.50. The van der Waals surface area contributed by atoms with E-state index < -0.39 is 0 Å². The number of nitrogens with zero attached hydrogens (tertiary/aromatic N) is 2. The molecule has 74 valence electrons. The maximum Gasteiger partial charge on any atom is 0.114 e.